The summed E-state index contributed by atoms with van der Waals surface area (Å²) in [7, 11) is 0. The van der Waals surface area contributed by atoms with Gasteiger partial charge in [-0.15, -0.1) is 0 Å². The van der Waals surface area contributed by atoms with Gasteiger partial charge in [-0.3, -0.25) is 4.98 Å². The fourth-order valence-corrected chi connectivity index (χ4v) is 1.02. The Kier molecular flexibility index (Phi) is 3.21. The molecule has 1 heterocycles. The Labute approximate surface area is 79.1 Å². The molecule has 0 aliphatic carbocycles. The smallest absolute Gasteiger partial charge is 0.0701 e. The minimum absolute atomic E-state index is 0.931. The van der Waals surface area contributed by atoms with Crippen LogP contribution in [0.15, 0.2) is 49.7 Å². The van der Waals surface area contributed by atoms with Crippen LogP contribution in [0.25, 0.3) is 5.57 Å². The minimum Gasteiger partial charge on any atom is -0.256 e. The van der Waals surface area contributed by atoms with Gasteiger partial charge in [0.05, 0.1) is 5.69 Å². The highest BCUT2D eigenvalue weighted by Gasteiger charge is 1.96. The van der Waals surface area contributed by atoms with Crippen LogP contribution in [0.5, 0.6) is 0 Å². The zero-order valence-corrected chi connectivity index (χ0v) is 7.83. The molecule has 1 rings (SSSR count). The number of hydrogen-bond donors (Lipinski definition) is 0. The molecule has 0 aliphatic heterocycles. The monoisotopic (exact) mass is 171 g/mol. The second kappa shape index (κ2) is 4.41. The van der Waals surface area contributed by atoms with Gasteiger partial charge in [-0.25, -0.2) is 0 Å². The Bertz CT molecular complexity index is 331. The lowest BCUT2D eigenvalue weighted by Gasteiger charge is -2.00. The SMILES string of the molecule is C=C/C=C(\C=C)c1ccc(C)cn1. The van der Waals surface area contributed by atoms with Gasteiger partial charge in [0.2, 0.25) is 0 Å². The van der Waals surface area contributed by atoms with Gasteiger partial charge in [-0.1, -0.05) is 37.5 Å². The molecular weight excluding hydrogens is 158 g/mol. The van der Waals surface area contributed by atoms with E-state index in [4.69, 9.17) is 0 Å². The topological polar surface area (TPSA) is 12.9 Å². The van der Waals surface area contributed by atoms with Gasteiger partial charge in [0.1, 0.15) is 0 Å². The lowest BCUT2D eigenvalue weighted by atomic mass is 10.1. The highest BCUT2D eigenvalue weighted by Crippen LogP contribution is 2.12. The van der Waals surface area contributed by atoms with Crippen LogP contribution in [-0.4, -0.2) is 4.98 Å². The molecule has 0 aliphatic rings. The van der Waals surface area contributed by atoms with E-state index in [1.165, 1.54) is 0 Å². The lowest BCUT2D eigenvalue weighted by Crippen LogP contribution is -1.86. The predicted octanol–water partition coefficient (Wildman–Crippen LogP) is 3.15. The van der Waals surface area contributed by atoms with Crippen LogP contribution in [-0.2, 0) is 0 Å². The van der Waals surface area contributed by atoms with E-state index < -0.39 is 0 Å². The highest BCUT2D eigenvalue weighted by molar-refractivity contribution is 5.72. The number of aromatic nitrogens is 1. The van der Waals surface area contributed by atoms with Gasteiger partial charge >= 0.3 is 0 Å². The van der Waals surface area contributed by atoms with Crippen molar-refractivity contribution in [2.75, 3.05) is 0 Å². The molecule has 0 amide bonds. The molecule has 0 saturated heterocycles. The van der Waals surface area contributed by atoms with Gasteiger partial charge in [-0.05, 0) is 24.1 Å². The summed E-state index contributed by atoms with van der Waals surface area (Å²) in [5.74, 6) is 0. The summed E-state index contributed by atoms with van der Waals surface area (Å²) < 4.78 is 0. The van der Waals surface area contributed by atoms with Crippen LogP contribution < -0.4 is 0 Å². The Morgan fingerprint density at radius 2 is 2.15 bits per heavy atom. The van der Waals surface area contributed by atoms with E-state index >= 15 is 0 Å². The zero-order chi connectivity index (χ0) is 9.68. The predicted molar refractivity (Wildman–Crippen MR) is 57.3 cm³/mol. The lowest BCUT2D eigenvalue weighted by molar-refractivity contribution is 1.23. The fourth-order valence-electron chi connectivity index (χ4n) is 1.02. The molecule has 0 bridgehead atoms. The van der Waals surface area contributed by atoms with E-state index in [1.54, 1.807) is 12.2 Å². The van der Waals surface area contributed by atoms with Gasteiger partial charge in [0.25, 0.3) is 0 Å². The first-order valence-corrected chi connectivity index (χ1v) is 4.16. The third kappa shape index (κ3) is 2.41. The molecule has 1 aromatic rings. The highest BCUT2D eigenvalue weighted by atomic mass is 14.7. The van der Waals surface area contributed by atoms with Crippen LogP contribution in [0.1, 0.15) is 11.3 Å². The molecule has 1 aromatic heterocycles. The van der Waals surface area contributed by atoms with Crippen molar-refractivity contribution in [3.8, 4) is 0 Å². The quantitative estimate of drug-likeness (QED) is 0.637. The Balaban J connectivity index is 3.06. The summed E-state index contributed by atoms with van der Waals surface area (Å²) in [5.41, 5.74) is 3.08. The Morgan fingerprint density at radius 1 is 1.38 bits per heavy atom. The van der Waals surface area contributed by atoms with Crippen LogP contribution in [0.3, 0.4) is 0 Å². The second-order valence-corrected chi connectivity index (χ2v) is 2.78. The number of allylic oxidation sites excluding steroid dienone is 4. The Hall–Kier alpha value is -1.63. The summed E-state index contributed by atoms with van der Waals surface area (Å²) in [6, 6.07) is 4.01. The van der Waals surface area contributed by atoms with Crippen molar-refractivity contribution in [1.82, 2.24) is 4.98 Å². The van der Waals surface area contributed by atoms with Crippen LogP contribution in [0.2, 0.25) is 0 Å². The average Bonchev–Trinajstić information content (AvgIpc) is 2.16. The molecule has 0 atom stereocenters. The van der Waals surface area contributed by atoms with E-state index in [9.17, 15) is 0 Å². The number of rotatable bonds is 3. The van der Waals surface area contributed by atoms with Crippen molar-refractivity contribution >= 4 is 5.57 Å². The second-order valence-electron chi connectivity index (χ2n) is 2.78. The Morgan fingerprint density at radius 3 is 2.62 bits per heavy atom. The first-order chi connectivity index (χ1) is 6.27. The third-order valence-corrected chi connectivity index (χ3v) is 1.72. The molecule has 0 saturated carbocycles. The molecule has 1 nitrogen and oxygen atoms in total. The summed E-state index contributed by atoms with van der Waals surface area (Å²) in [5, 5.41) is 0. The zero-order valence-electron chi connectivity index (χ0n) is 7.83. The van der Waals surface area contributed by atoms with Gasteiger partial charge in [0, 0.05) is 6.20 Å². The molecule has 0 fully saturated rings. The van der Waals surface area contributed by atoms with Gasteiger partial charge in [-0.2, -0.15) is 0 Å². The molecule has 0 N–H and O–H groups in total. The number of nitrogens with zero attached hydrogens (tertiary/aromatic N) is 1. The van der Waals surface area contributed by atoms with E-state index in [0.717, 1.165) is 16.8 Å². The normalized spacial score (nSPS) is 11.0. The maximum absolute atomic E-state index is 4.28. The van der Waals surface area contributed by atoms with Crippen molar-refractivity contribution in [2.24, 2.45) is 0 Å². The van der Waals surface area contributed by atoms with Crippen molar-refractivity contribution in [2.45, 2.75) is 6.92 Å². The minimum atomic E-state index is 0.931. The summed E-state index contributed by atoms with van der Waals surface area (Å²) in [4.78, 5) is 4.28. The molecule has 0 unspecified atom stereocenters. The van der Waals surface area contributed by atoms with Gasteiger partial charge < -0.3 is 0 Å². The molecule has 66 valence electrons. The average molecular weight is 171 g/mol. The molecule has 1 heteroatoms. The molecule has 0 radical (unpaired) electrons. The number of pyridine rings is 1. The van der Waals surface area contributed by atoms with Crippen molar-refractivity contribution in [3.05, 3.63) is 61.0 Å². The molecule has 0 aromatic carbocycles. The van der Waals surface area contributed by atoms with E-state index in [-0.39, 0.29) is 0 Å². The third-order valence-electron chi connectivity index (χ3n) is 1.72. The van der Waals surface area contributed by atoms with Crippen molar-refractivity contribution in [3.63, 3.8) is 0 Å². The van der Waals surface area contributed by atoms with Crippen molar-refractivity contribution < 1.29 is 0 Å². The van der Waals surface area contributed by atoms with Crippen molar-refractivity contribution in [1.29, 1.82) is 0 Å². The van der Waals surface area contributed by atoms with Crippen LogP contribution in [0.4, 0.5) is 0 Å². The maximum atomic E-state index is 4.28. The van der Waals surface area contributed by atoms with E-state index in [0.29, 0.717) is 0 Å². The summed E-state index contributed by atoms with van der Waals surface area (Å²) >= 11 is 0. The molecular formula is C12H13N. The molecule has 0 spiro atoms. The van der Waals surface area contributed by atoms with Crippen LogP contribution in [0, 0.1) is 6.92 Å². The first kappa shape index (κ1) is 9.46. The number of aryl methyl sites for hydroxylation is 1. The number of hydrogen-bond acceptors (Lipinski definition) is 1. The fraction of sp³-hybridized carbons (Fsp3) is 0.0833. The van der Waals surface area contributed by atoms with E-state index in [2.05, 4.69) is 18.1 Å². The largest absolute Gasteiger partial charge is 0.256 e. The van der Waals surface area contributed by atoms with E-state index in [1.807, 2.05) is 31.3 Å². The summed E-state index contributed by atoms with van der Waals surface area (Å²) in [6.45, 7) is 9.38. The first-order valence-electron chi connectivity index (χ1n) is 4.16. The van der Waals surface area contributed by atoms with Gasteiger partial charge in [0.15, 0.2) is 0 Å². The maximum Gasteiger partial charge on any atom is 0.0701 e. The summed E-state index contributed by atoms with van der Waals surface area (Å²) in [6.07, 6.45) is 7.25. The molecule has 13 heavy (non-hydrogen) atoms. The van der Waals surface area contributed by atoms with Crippen LogP contribution >= 0.6 is 0 Å². The standard InChI is InChI=1S/C12H13N/c1-4-6-11(5-2)12-8-7-10(3)9-13-12/h4-9H,1-2H2,3H3/b11-6+.